The second-order valence-electron chi connectivity index (χ2n) is 12.3. The lowest BCUT2D eigenvalue weighted by molar-refractivity contribution is 0.210. The van der Waals surface area contributed by atoms with Crippen molar-refractivity contribution in [2.24, 2.45) is 0 Å². The van der Waals surface area contributed by atoms with Gasteiger partial charge in [0.2, 0.25) is 0 Å². The number of nitrogens with zero attached hydrogens (tertiary/aromatic N) is 1. The molecule has 1 aliphatic rings. The van der Waals surface area contributed by atoms with Gasteiger partial charge in [0.1, 0.15) is 11.5 Å². The number of hydrogen-bond acceptors (Lipinski definition) is 4. The summed E-state index contributed by atoms with van der Waals surface area (Å²) in [6.45, 7) is 8.49. The van der Waals surface area contributed by atoms with Gasteiger partial charge in [0.05, 0.1) is 16.4 Å². The molecule has 1 amide bonds. The fourth-order valence-corrected chi connectivity index (χ4v) is 6.77. The van der Waals surface area contributed by atoms with Crippen LogP contribution >= 0.6 is 11.6 Å². The molecule has 1 atom stereocenters. The molecule has 6 rings (SSSR count). The molecule has 246 valence electrons. The maximum atomic E-state index is 12.1. The van der Waals surface area contributed by atoms with Crippen molar-refractivity contribution in [2.75, 3.05) is 28.6 Å². The molecule has 7 heteroatoms. The monoisotopic (exact) mass is 659 g/mol. The van der Waals surface area contributed by atoms with Gasteiger partial charge < -0.3 is 20.1 Å². The zero-order valence-electron chi connectivity index (χ0n) is 27.7. The second-order valence-corrected chi connectivity index (χ2v) is 12.7. The summed E-state index contributed by atoms with van der Waals surface area (Å²) in [6.07, 6.45) is 3.40. The van der Waals surface area contributed by atoms with Gasteiger partial charge in [-0.3, -0.25) is 5.32 Å². The van der Waals surface area contributed by atoms with E-state index in [1.165, 1.54) is 0 Å². The summed E-state index contributed by atoms with van der Waals surface area (Å²) >= 11 is 6.53. The molecule has 0 bridgehead atoms. The third-order valence-corrected chi connectivity index (χ3v) is 9.32. The van der Waals surface area contributed by atoms with E-state index in [0.29, 0.717) is 10.7 Å². The summed E-state index contributed by atoms with van der Waals surface area (Å²) in [4.78, 5) is 14.5. The molecule has 1 heterocycles. The minimum atomic E-state index is -1.11. The third-order valence-electron chi connectivity index (χ3n) is 8.99. The fourth-order valence-electron chi connectivity index (χ4n) is 6.58. The average molecular weight is 660 g/mol. The Morgan fingerprint density at radius 3 is 2.25 bits per heavy atom. The van der Waals surface area contributed by atoms with E-state index in [1.54, 1.807) is 0 Å². The van der Waals surface area contributed by atoms with Crippen molar-refractivity contribution in [2.45, 2.75) is 52.4 Å². The summed E-state index contributed by atoms with van der Waals surface area (Å²) in [5.74, 6) is 1.31. The molecule has 5 aromatic rings. The zero-order valence-corrected chi connectivity index (χ0v) is 28.5. The summed E-state index contributed by atoms with van der Waals surface area (Å²) < 4.78 is 6.73. The maximum Gasteiger partial charge on any atom is 0.409 e. The first-order chi connectivity index (χ1) is 23.4. The molecular formula is C41H42ClN3O3. The van der Waals surface area contributed by atoms with Crippen LogP contribution in [0.3, 0.4) is 0 Å². The molecule has 0 spiro atoms. The number of benzene rings is 5. The number of rotatable bonds is 12. The molecule has 6 nitrogen and oxygen atoms in total. The lowest BCUT2D eigenvalue weighted by atomic mass is 9.78. The number of halogens is 1. The SMILES string of the molecule is CCCCN(CCCC)c1ccc2c(c1)Oc1ccc(Nc3ccccc3Cl)cc1C2c1cccc(NC(=O)O)c1-c1ccccc1C. The Kier molecular flexibility index (Phi) is 10.2. The topological polar surface area (TPSA) is 73.8 Å². The summed E-state index contributed by atoms with van der Waals surface area (Å²) in [5, 5.41) is 16.7. The number of carbonyl (C=O) groups is 1. The maximum absolute atomic E-state index is 12.1. The van der Waals surface area contributed by atoms with Crippen molar-refractivity contribution >= 4 is 40.4 Å². The van der Waals surface area contributed by atoms with E-state index in [1.807, 2.05) is 60.7 Å². The number of unbranched alkanes of at least 4 members (excludes halogenated alkanes) is 2. The van der Waals surface area contributed by atoms with Crippen molar-refractivity contribution in [3.63, 3.8) is 0 Å². The van der Waals surface area contributed by atoms with Crippen LogP contribution in [-0.2, 0) is 0 Å². The average Bonchev–Trinajstić information content (AvgIpc) is 3.08. The van der Waals surface area contributed by atoms with Gasteiger partial charge in [-0.25, -0.2) is 4.79 Å². The molecule has 0 radical (unpaired) electrons. The van der Waals surface area contributed by atoms with Gasteiger partial charge in [0.25, 0.3) is 0 Å². The highest BCUT2D eigenvalue weighted by atomic mass is 35.5. The number of para-hydroxylation sites is 1. The Morgan fingerprint density at radius 2 is 1.52 bits per heavy atom. The van der Waals surface area contributed by atoms with Gasteiger partial charge >= 0.3 is 6.09 Å². The van der Waals surface area contributed by atoms with Crippen LogP contribution in [0.4, 0.5) is 27.5 Å². The number of aryl methyl sites for hydroxylation is 1. The molecule has 0 aromatic heterocycles. The van der Waals surface area contributed by atoms with Crippen LogP contribution in [0.25, 0.3) is 11.1 Å². The molecule has 5 aromatic carbocycles. The van der Waals surface area contributed by atoms with Crippen LogP contribution in [0.15, 0.2) is 103 Å². The van der Waals surface area contributed by atoms with Crippen LogP contribution < -0.4 is 20.3 Å². The highest BCUT2D eigenvalue weighted by Crippen LogP contribution is 2.52. The van der Waals surface area contributed by atoms with Gasteiger partial charge in [0, 0.05) is 53.1 Å². The number of ether oxygens (including phenoxy) is 1. The lowest BCUT2D eigenvalue weighted by Gasteiger charge is -2.33. The smallest absolute Gasteiger partial charge is 0.409 e. The van der Waals surface area contributed by atoms with E-state index in [-0.39, 0.29) is 5.92 Å². The lowest BCUT2D eigenvalue weighted by Crippen LogP contribution is -2.26. The number of anilines is 4. The van der Waals surface area contributed by atoms with Gasteiger partial charge in [-0.15, -0.1) is 0 Å². The molecule has 0 fully saturated rings. The van der Waals surface area contributed by atoms with Gasteiger partial charge in [0.15, 0.2) is 0 Å². The van der Waals surface area contributed by atoms with Crippen molar-refractivity contribution in [3.05, 3.63) is 130 Å². The predicted molar refractivity (Wildman–Crippen MR) is 199 cm³/mol. The van der Waals surface area contributed by atoms with Crippen LogP contribution in [0.2, 0.25) is 5.02 Å². The summed E-state index contributed by atoms with van der Waals surface area (Å²) in [5.41, 5.74) is 9.23. The number of amides is 1. The number of nitrogens with one attached hydrogen (secondary N) is 2. The molecule has 48 heavy (non-hydrogen) atoms. The number of hydrogen-bond donors (Lipinski definition) is 3. The summed E-state index contributed by atoms with van der Waals surface area (Å²) in [6, 6.07) is 34.4. The molecule has 0 saturated carbocycles. The minimum Gasteiger partial charge on any atom is -0.465 e. The van der Waals surface area contributed by atoms with Crippen LogP contribution in [0.5, 0.6) is 11.5 Å². The van der Waals surface area contributed by atoms with Gasteiger partial charge in [-0.05, 0) is 78.9 Å². The van der Waals surface area contributed by atoms with Gasteiger partial charge in [-0.1, -0.05) is 92.9 Å². The molecule has 0 saturated heterocycles. The Morgan fingerprint density at radius 1 is 0.792 bits per heavy atom. The highest BCUT2D eigenvalue weighted by molar-refractivity contribution is 6.33. The van der Waals surface area contributed by atoms with Crippen LogP contribution in [0.1, 0.15) is 67.7 Å². The largest absolute Gasteiger partial charge is 0.465 e. The predicted octanol–water partition coefficient (Wildman–Crippen LogP) is 11.8. The van der Waals surface area contributed by atoms with E-state index < -0.39 is 6.09 Å². The number of carboxylic acid groups (broad SMARTS) is 1. The molecule has 3 N–H and O–H groups in total. The van der Waals surface area contributed by atoms with E-state index in [2.05, 4.69) is 78.8 Å². The van der Waals surface area contributed by atoms with Gasteiger partial charge in [-0.2, -0.15) is 0 Å². The highest BCUT2D eigenvalue weighted by Gasteiger charge is 2.33. The second kappa shape index (κ2) is 14.9. The van der Waals surface area contributed by atoms with E-state index in [4.69, 9.17) is 16.3 Å². The quantitative estimate of drug-likeness (QED) is 0.122. The van der Waals surface area contributed by atoms with Crippen molar-refractivity contribution in [1.82, 2.24) is 0 Å². The molecular weight excluding hydrogens is 618 g/mol. The van der Waals surface area contributed by atoms with E-state index in [0.717, 1.165) is 101 Å². The Hall–Kier alpha value is -4.94. The zero-order chi connectivity index (χ0) is 33.6. The van der Waals surface area contributed by atoms with Crippen molar-refractivity contribution < 1.29 is 14.6 Å². The first-order valence-electron chi connectivity index (χ1n) is 16.8. The standard InChI is InChI=1S/C41H42ClN3O3/c1-4-6-23-45(24-7-5-2)29-20-21-31-38(26-29)48-37-22-19-28(43-35-17-11-10-16-34(35)42)25-33(37)39(31)32-15-12-18-36(44-41(46)47)40(32)30-14-9-8-13-27(30)3/h8-22,25-26,39,43-44H,4-7,23-24H2,1-3H3,(H,46,47). The first kappa shape index (κ1) is 33.0. The normalized spacial score (nSPS) is 13.2. The molecule has 1 unspecified atom stereocenters. The summed E-state index contributed by atoms with van der Waals surface area (Å²) in [7, 11) is 0. The minimum absolute atomic E-state index is 0.254. The number of fused-ring (bicyclic) bond motifs is 2. The molecule has 0 aliphatic carbocycles. The van der Waals surface area contributed by atoms with Crippen LogP contribution in [0, 0.1) is 6.92 Å². The Balaban J connectivity index is 1.55. The Bertz CT molecular complexity index is 1920. The fraction of sp³-hybridized carbons (Fsp3) is 0.244. The Labute approximate surface area is 288 Å². The van der Waals surface area contributed by atoms with E-state index in [9.17, 15) is 9.90 Å². The van der Waals surface area contributed by atoms with Crippen molar-refractivity contribution in [3.8, 4) is 22.6 Å². The van der Waals surface area contributed by atoms with Crippen LogP contribution in [-0.4, -0.2) is 24.3 Å². The first-order valence-corrected chi connectivity index (χ1v) is 17.2. The van der Waals surface area contributed by atoms with E-state index >= 15 is 0 Å². The van der Waals surface area contributed by atoms with Crippen molar-refractivity contribution in [1.29, 1.82) is 0 Å². The molecule has 1 aliphatic heterocycles. The third kappa shape index (κ3) is 6.99.